The van der Waals surface area contributed by atoms with Crippen LogP contribution in [0, 0.1) is 0 Å². The first kappa shape index (κ1) is 9.88. The summed E-state index contributed by atoms with van der Waals surface area (Å²) in [5.41, 5.74) is -0.220. The van der Waals surface area contributed by atoms with Gasteiger partial charge in [-0.15, -0.1) is 0 Å². The number of hydrogen-bond donors (Lipinski definition) is 3. The molecule has 0 bridgehead atoms. The fourth-order valence-electron chi connectivity index (χ4n) is 0.752. The first-order valence-electron chi connectivity index (χ1n) is 3.59. The molecule has 3 N–H and O–H groups in total. The predicted octanol–water partition coefficient (Wildman–Crippen LogP) is -0.271. The second-order valence-electron chi connectivity index (χ2n) is 2.80. The molecule has 3 nitrogen and oxygen atoms in total. The highest BCUT2D eigenvalue weighted by atomic mass is 16.3. The Morgan fingerprint density at radius 2 is 2.00 bits per heavy atom. The highest BCUT2D eigenvalue weighted by Crippen LogP contribution is 2.09. The maximum atomic E-state index is 8.87. The maximum absolute atomic E-state index is 8.87. The van der Waals surface area contributed by atoms with E-state index in [2.05, 4.69) is 5.32 Å². The number of aliphatic hydroxyl groups excluding tert-OH is 2. The molecule has 0 aliphatic carbocycles. The molecule has 0 aromatic rings. The van der Waals surface area contributed by atoms with Crippen molar-refractivity contribution in [1.82, 2.24) is 5.32 Å². The highest BCUT2D eigenvalue weighted by molar-refractivity contribution is 4.79. The molecule has 62 valence electrons. The molecule has 0 amide bonds. The van der Waals surface area contributed by atoms with Crippen molar-refractivity contribution in [2.45, 2.75) is 25.3 Å². The van der Waals surface area contributed by atoms with Crippen molar-refractivity contribution in [1.29, 1.82) is 0 Å². The Bertz CT molecular complexity index is 81.7. The Hall–Kier alpha value is -0.120. The molecule has 0 aliphatic heterocycles. The van der Waals surface area contributed by atoms with Crippen molar-refractivity contribution in [2.24, 2.45) is 0 Å². The van der Waals surface area contributed by atoms with E-state index in [9.17, 15) is 0 Å². The molecule has 1 atom stereocenters. The largest absolute Gasteiger partial charge is 0.396 e. The van der Waals surface area contributed by atoms with E-state index in [1.807, 2.05) is 14.0 Å². The summed E-state index contributed by atoms with van der Waals surface area (Å²) in [5, 5.41) is 20.4. The number of likely N-dealkylation sites (N-methyl/N-ethyl adjacent to an activating group) is 1. The zero-order valence-corrected chi connectivity index (χ0v) is 6.72. The molecule has 0 aromatic heterocycles. The van der Waals surface area contributed by atoms with Crippen LogP contribution in [0.1, 0.15) is 19.8 Å². The minimum Gasteiger partial charge on any atom is -0.396 e. The van der Waals surface area contributed by atoms with Crippen LogP contribution in [0.5, 0.6) is 0 Å². The summed E-state index contributed by atoms with van der Waals surface area (Å²) < 4.78 is 0. The number of aliphatic hydroxyl groups is 2. The van der Waals surface area contributed by atoms with Crippen LogP contribution in [0.15, 0.2) is 0 Å². The van der Waals surface area contributed by atoms with Gasteiger partial charge in [0.25, 0.3) is 0 Å². The molecular weight excluding hydrogens is 130 g/mol. The zero-order valence-electron chi connectivity index (χ0n) is 6.72. The molecule has 0 radical (unpaired) electrons. The molecule has 0 heterocycles. The molecule has 0 saturated heterocycles. The van der Waals surface area contributed by atoms with E-state index in [0.29, 0.717) is 0 Å². The lowest BCUT2D eigenvalue weighted by atomic mass is 9.98. The van der Waals surface area contributed by atoms with E-state index in [-0.39, 0.29) is 18.8 Å². The summed E-state index contributed by atoms with van der Waals surface area (Å²) in [6.07, 6.45) is 1.54. The molecule has 0 aromatic carbocycles. The molecule has 1 unspecified atom stereocenters. The van der Waals surface area contributed by atoms with Gasteiger partial charge in [0.2, 0.25) is 0 Å². The van der Waals surface area contributed by atoms with Gasteiger partial charge >= 0.3 is 0 Å². The van der Waals surface area contributed by atoms with Crippen molar-refractivity contribution in [3.8, 4) is 0 Å². The van der Waals surface area contributed by atoms with Gasteiger partial charge in [-0.3, -0.25) is 0 Å². The Kier molecular flexibility index (Phi) is 4.60. The van der Waals surface area contributed by atoms with E-state index in [4.69, 9.17) is 10.2 Å². The maximum Gasteiger partial charge on any atom is 0.0610 e. The van der Waals surface area contributed by atoms with Gasteiger partial charge in [0, 0.05) is 12.1 Å². The fraction of sp³-hybridized carbons (Fsp3) is 1.00. The first-order valence-corrected chi connectivity index (χ1v) is 3.59. The van der Waals surface area contributed by atoms with Crippen LogP contribution in [0.2, 0.25) is 0 Å². The molecule has 10 heavy (non-hydrogen) atoms. The second kappa shape index (κ2) is 4.66. The van der Waals surface area contributed by atoms with Crippen LogP contribution in [-0.4, -0.2) is 36.0 Å². The molecule has 3 heteroatoms. The Balaban J connectivity index is 3.58. The standard InChI is InChI=1S/C7H17NO2/c1-7(6-10,8-2)4-3-5-9/h8-10H,3-6H2,1-2H3. The highest BCUT2D eigenvalue weighted by Gasteiger charge is 2.18. The van der Waals surface area contributed by atoms with Crippen molar-refractivity contribution in [3.05, 3.63) is 0 Å². The third kappa shape index (κ3) is 3.15. The van der Waals surface area contributed by atoms with E-state index < -0.39 is 0 Å². The number of hydrogen-bond acceptors (Lipinski definition) is 3. The zero-order chi connectivity index (χ0) is 8.04. The van der Waals surface area contributed by atoms with Gasteiger partial charge in [0.15, 0.2) is 0 Å². The van der Waals surface area contributed by atoms with Crippen LogP contribution >= 0.6 is 0 Å². The third-order valence-corrected chi connectivity index (χ3v) is 1.84. The predicted molar refractivity (Wildman–Crippen MR) is 40.9 cm³/mol. The lowest BCUT2D eigenvalue weighted by molar-refractivity contribution is 0.161. The van der Waals surface area contributed by atoms with Gasteiger partial charge in [-0.05, 0) is 26.8 Å². The quantitative estimate of drug-likeness (QED) is 0.501. The van der Waals surface area contributed by atoms with Gasteiger partial charge in [-0.1, -0.05) is 0 Å². The van der Waals surface area contributed by atoms with E-state index in [0.717, 1.165) is 12.8 Å². The molecule has 0 spiro atoms. The fourth-order valence-corrected chi connectivity index (χ4v) is 0.752. The van der Waals surface area contributed by atoms with Gasteiger partial charge in [-0.25, -0.2) is 0 Å². The molecule has 0 saturated carbocycles. The summed E-state index contributed by atoms with van der Waals surface area (Å²) >= 11 is 0. The number of nitrogens with one attached hydrogen (secondary N) is 1. The van der Waals surface area contributed by atoms with Crippen LogP contribution < -0.4 is 5.32 Å². The Morgan fingerprint density at radius 1 is 1.40 bits per heavy atom. The third-order valence-electron chi connectivity index (χ3n) is 1.84. The molecule has 0 aliphatic rings. The van der Waals surface area contributed by atoms with E-state index in [1.54, 1.807) is 0 Å². The Labute approximate surface area is 62.1 Å². The molecule has 0 rings (SSSR count). The van der Waals surface area contributed by atoms with Crippen LogP contribution in [0.25, 0.3) is 0 Å². The molecular formula is C7H17NO2. The topological polar surface area (TPSA) is 52.5 Å². The summed E-state index contributed by atoms with van der Waals surface area (Å²) in [6, 6.07) is 0. The van der Waals surface area contributed by atoms with Crippen molar-refractivity contribution in [3.63, 3.8) is 0 Å². The smallest absolute Gasteiger partial charge is 0.0610 e. The second-order valence-corrected chi connectivity index (χ2v) is 2.80. The minimum absolute atomic E-state index is 0.115. The van der Waals surface area contributed by atoms with E-state index >= 15 is 0 Å². The lowest BCUT2D eigenvalue weighted by Crippen LogP contribution is -2.43. The van der Waals surface area contributed by atoms with Gasteiger partial charge in [0.05, 0.1) is 6.61 Å². The van der Waals surface area contributed by atoms with Crippen LogP contribution in [0.3, 0.4) is 0 Å². The van der Waals surface area contributed by atoms with Gasteiger partial charge < -0.3 is 15.5 Å². The average molecular weight is 147 g/mol. The Morgan fingerprint density at radius 3 is 2.30 bits per heavy atom. The SMILES string of the molecule is CNC(C)(CO)CCCO. The van der Waals surface area contributed by atoms with Crippen molar-refractivity contribution in [2.75, 3.05) is 20.3 Å². The van der Waals surface area contributed by atoms with Crippen molar-refractivity contribution < 1.29 is 10.2 Å². The average Bonchev–Trinajstić information content (AvgIpc) is 2.00. The lowest BCUT2D eigenvalue weighted by Gasteiger charge is -2.26. The molecule has 0 fully saturated rings. The normalized spacial score (nSPS) is 16.8. The van der Waals surface area contributed by atoms with Gasteiger partial charge in [0.1, 0.15) is 0 Å². The van der Waals surface area contributed by atoms with E-state index in [1.165, 1.54) is 0 Å². The summed E-state index contributed by atoms with van der Waals surface area (Å²) in [7, 11) is 1.81. The monoisotopic (exact) mass is 147 g/mol. The first-order chi connectivity index (χ1) is 4.68. The summed E-state index contributed by atoms with van der Waals surface area (Å²) in [5.74, 6) is 0. The van der Waals surface area contributed by atoms with Crippen molar-refractivity contribution >= 4 is 0 Å². The summed E-state index contributed by atoms with van der Waals surface area (Å²) in [4.78, 5) is 0. The van der Waals surface area contributed by atoms with Crippen LogP contribution in [0.4, 0.5) is 0 Å². The van der Waals surface area contributed by atoms with Crippen LogP contribution in [-0.2, 0) is 0 Å². The van der Waals surface area contributed by atoms with Gasteiger partial charge in [-0.2, -0.15) is 0 Å². The summed E-state index contributed by atoms with van der Waals surface area (Å²) in [6.45, 7) is 2.24. The minimum atomic E-state index is -0.220. The number of rotatable bonds is 5.